The average Bonchev–Trinajstić information content (AvgIpc) is 2.75. The van der Waals surface area contributed by atoms with Crippen molar-refractivity contribution >= 4 is 38.2 Å². The van der Waals surface area contributed by atoms with Gasteiger partial charge in [0.1, 0.15) is 4.75 Å². The zero-order valence-corrected chi connectivity index (χ0v) is 17.2. The number of nitrogens with zero attached hydrogens (tertiary/aromatic N) is 1. The molecule has 1 aromatic carbocycles. The van der Waals surface area contributed by atoms with E-state index in [0.29, 0.717) is 5.92 Å². The quantitative estimate of drug-likeness (QED) is 0.705. The van der Waals surface area contributed by atoms with Gasteiger partial charge in [-0.3, -0.25) is 0 Å². The minimum Gasteiger partial charge on any atom is -0.598 e. The maximum atomic E-state index is 12.4. The molecule has 0 aliphatic heterocycles. The molecule has 0 saturated heterocycles. The van der Waals surface area contributed by atoms with Crippen LogP contribution in [0.3, 0.4) is 0 Å². The highest BCUT2D eigenvalue weighted by Crippen LogP contribution is 2.30. The van der Waals surface area contributed by atoms with Crippen LogP contribution < -0.4 is 4.72 Å². The largest absolute Gasteiger partial charge is 0.598 e. The van der Waals surface area contributed by atoms with Gasteiger partial charge in [0, 0.05) is 39.5 Å². The number of rotatable bonds is 5. The summed E-state index contributed by atoms with van der Waals surface area (Å²) in [7, 11) is 0. The monoisotopic (exact) mass is 398 g/mol. The highest BCUT2D eigenvalue weighted by Gasteiger charge is 2.29. The van der Waals surface area contributed by atoms with E-state index in [4.69, 9.17) is 0 Å². The fraction of sp³-hybridized carbons (Fsp3) is 0.556. The first-order chi connectivity index (χ1) is 10.6. The molecule has 1 N–H and O–H groups in total. The fourth-order valence-corrected chi connectivity index (χ4v) is 3.73. The van der Waals surface area contributed by atoms with Crippen molar-refractivity contribution in [1.29, 1.82) is 0 Å². The highest BCUT2D eigenvalue weighted by molar-refractivity contribution is 9.10. The molecule has 2 aromatic rings. The molecule has 3 nitrogen and oxygen atoms in total. The lowest BCUT2D eigenvalue weighted by atomic mass is 10.1. The smallest absolute Gasteiger partial charge is 0.136 e. The van der Waals surface area contributed by atoms with Crippen LogP contribution in [0.25, 0.3) is 10.9 Å². The summed E-state index contributed by atoms with van der Waals surface area (Å²) in [5.41, 5.74) is 2.42. The van der Waals surface area contributed by atoms with E-state index in [9.17, 15) is 4.55 Å². The van der Waals surface area contributed by atoms with Crippen molar-refractivity contribution < 1.29 is 4.55 Å². The van der Waals surface area contributed by atoms with Crippen molar-refractivity contribution in [2.75, 3.05) is 0 Å². The molecule has 1 unspecified atom stereocenters. The third-order valence-electron chi connectivity index (χ3n) is 3.74. The van der Waals surface area contributed by atoms with Crippen molar-refractivity contribution in [3.05, 3.63) is 34.4 Å². The summed E-state index contributed by atoms with van der Waals surface area (Å²) in [5.74, 6) is 0.574. The van der Waals surface area contributed by atoms with Crippen molar-refractivity contribution in [3.8, 4) is 0 Å². The number of nitrogens with one attached hydrogen (secondary N) is 1. The van der Waals surface area contributed by atoms with E-state index in [2.05, 4.69) is 70.4 Å². The van der Waals surface area contributed by atoms with Gasteiger partial charge in [0.15, 0.2) is 0 Å². The van der Waals surface area contributed by atoms with E-state index < -0.39 is 11.4 Å². The number of hydrogen-bond acceptors (Lipinski definition) is 2. The first-order valence-electron chi connectivity index (χ1n) is 8.06. The summed E-state index contributed by atoms with van der Waals surface area (Å²) in [4.78, 5) is 0. The summed E-state index contributed by atoms with van der Waals surface area (Å²) < 4.78 is 18.8. The van der Waals surface area contributed by atoms with Crippen molar-refractivity contribution in [3.63, 3.8) is 0 Å². The van der Waals surface area contributed by atoms with Crippen LogP contribution in [0.5, 0.6) is 0 Å². The van der Waals surface area contributed by atoms with Gasteiger partial charge < -0.3 is 9.12 Å². The Balaban J connectivity index is 2.40. The normalized spacial score (nSPS) is 15.3. The van der Waals surface area contributed by atoms with Crippen LogP contribution in [0.4, 0.5) is 0 Å². The Hall–Kier alpha value is -0.490. The van der Waals surface area contributed by atoms with E-state index in [1.54, 1.807) is 0 Å². The Morgan fingerprint density at radius 1 is 1.26 bits per heavy atom. The van der Waals surface area contributed by atoms with Crippen LogP contribution in [0.15, 0.2) is 28.9 Å². The molecule has 1 aromatic heterocycles. The molecule has 0 aliphatic rings. The van der Waals surface area contributed by atoms with E-state index in [1.165, 1.54) is 16.5 Å². The molecule has 5 heteroatoms. The van der Waals surface area contributed by atoms with E-state index in [1.807, 2.05) is 20.8 Å². The minimum atomic E-state index is -1.09. The third-order valence-corrected chi connectivity index (χ3v) is 5.92. The molecular weight excluding hydrogens is 372 g/mol. The Morgan fingerprint density at radius 3 is 2.48 bits per heavy atom. The molecule has 0 radical (unpaired) electrons. The van der Waals surface area contributed by atoms with Gasteiger partial charge in [-0.2, -0.15) is 0 Å². The lowest BCUT2D eigenvalue weighted by molar-refractivity contribution is 0.525. The fourth-order valence-electron chi connectivity index (χ4n) is 2.58. The predicted molar refractivity (Wildman–Crippen MR) is 104 cm³/mol. The lowest BCUT2D eigenvalue weighted by Gasteiger charge is -2.26. The summed E-state index contributed by atoms with van der Waals surface area (Å²) in [6.07, 6.45) is 2.20. The van der Waals surface area contributed by atoms with Crippen LogP contribution in [0.1, 0.15) is 53.1 Å². The van der Waals surface area contributed by atoms with Gasteiger partial charge in [-0.25, -0.2) is 0 Å². The number of benzene rings is 1. The maximum Gasteiger partial charge on any atom is 0.136 e. The molecule has 1 heterocycles. The topological polar surface area (TPSA) is 40.0 Å². The molecule has 2 rings (SSSR count). The molecule has 23 heavy (non-hydrogen) atoms. The Morgan fingerprint density at radius 2 is 1.91 bits per heavy atom. The predicted octanol–water partition coefficient (Wildman–Crippen LogP) is 5.17. The van der Waals surface area contributed by atoms with Crippen LogP contribution in [-0.2, 0) is 17.9 Å². The zero-order chi connectivity index (χ0) is 17.4. The van der Waals surface area contributed by atoms with Gasteiger partial charge in [-0.1, -0.05) is 35.8 Å². The Kier molecular flexibility index (Phi) is 5.88. The Bertz CT molecular complexity index is 675. The number of halogens is 1. The molecule has 2 atom stereocenters. The van der Waals surface area contributed by atoms with Gasteiger partial charge in [0.2, 0.25) is 0 Å². The molecule has 128 valence electrons. The van der Waals surface area contributed by atoms with Crippen LogP contribution in [0.2, 0.25) is 0 Å². The second kappa shape index (κ2) is 7.18. The van der Waals surface area contributed by atoms with Gasteiger partial charge in [0.25, 0.3) is 0 Å². The van der Waals surface area contributed by atoms with Crippen molar-refractivity contribution in [2.24, 2.45) is 5.92 Å². The van der Waals surface area contributed by atoms with E-state index >= 15 is 0 Å². The van der Waals surface area contributed by atoms with Gasteiger partial charge >= 0.3 is 0 Å². The minimum absolute atomic E-state index is 0.0344. The highest BCUT2D eigenvalue weighted by atomic mass is 79.9. The maximum absolute atomic E-state index is 12.4. The molecule has 0 saturated carbocycles. The number of fused-ring (bicyclic) bond motifs is 1. The van der Waals surface area contributed by atoms with Gasteiger partial charge in [-0.05, 0) is 51.3 Å². The Labute approximate surface area is 151 Å². The average molecular weight is 399 g/mol. The third kappa shape index (κ3) is 4.53. The summed E-state index contributed by atoms with van der Waals surface area (Å²) >= 11 is 2.48. The first-order valence-corrected chi connectivity index (χ1v) is 10.00. The molecule has 0 fully saturated rings. The second-order valence-corrected chi connectivity index (χ2v) is 10.4. The van der Waals surface area contributed by atoms with Crippen LogP contribution >= 0.6 is 15.9 Å². The van der Waals surface area contributed by atoms with E-state index in [0.717, 1.165) is 11.0 Å². The molecule has 0 aliphatic carbocycles. The molecule has 0 bridgehead atoms. The number of hydrogen-bond donors (Lipinski definition) is 1. The summed E-state index contributed by atoms with van der Waals surface area (Å²) in [6, 6.07) is 6.41. The molecule has 0 amide bonds. The molecular formula is C18H27BrN2OS. The van der Waals surface area contributed by atoms with Gasteiger partial charge in [-0.15, -0.1) is 4.72 Å². The first kappa shape index (κ1) is 18.8. The van der Waals surface area contributed by atoms with Gasteiger partial charge in [0.05, 0.1) is 6.04 Å². The molecule has 0 spiro atoms. The van der Waals surface area contributed by atoms with Crippen LogP contribution in [-0.4, -0.2) is 13.9 Å². The zero-order valence-electron chi connectivity index (χ0n) is 14.8. The van der Waals surface area contributed by atoms with Crippen molar-refractivity contribution in [2.45, 2.75) is 58.9 Å². The summed E-state index contributed by atoms with van der Waals surface area (Å²) in [5, 5.41) is 1.22. The van der Waals surface area contributed by atoms with Crippen molar-refractivity contribution in [1.82, 2.24) is 9.29 Å². The lowest BCUT2D eigenvalue weighted by Crippen LogP contribution is -2.40. The SMILES string of the molecule is CC(C)Cn1cc([C@@H](C)N[S+]([O-])C(C)(C)C)c2ccc(Br)cc21. The van der Waals surface area contributed by atoms with E-state index in [-0.39, 0.29) is 10.8 Å². The standard InChI is InChI=1S/C18H27BrN2OS/c1-12(2)10-21-11-16(13(3)20-23(22)18(4,5)6)15-8-7-14(19)9-17(15)21/h7-9,11-13,20H,10H2,1-6H3/t13-,23?/m1/s1. The number of aromatic nitrogens is 1. The second-order valence-electron chi connectivity index (χ2n) is 7.51. The summed E-state index contributed by atoms with van der Waals surface area (Å²) in [6.45, 7) is 13.5. The van der Waals surface area contributed by atoms with Crippen LogP contribution in [0, 0.1) is 5.92 Å².